The molecule has 0 saturated carbocycles. The molecule has 1 N–H and O–H groups in total. The predicted octanol–water partition coefficient (Wildman–Crippen LogP) is 1.92. The van der Waals surface area contributed by atoms with Crippen LogP contribution >= 0.6 is 0 Å². The maximum absolute atomic E-state index is 11.7. The number of benzene rings is 1. The lowest BCUT2D eigenvalue weighted by Gasteiger charge is -2.20. The van der Waals surface area contributed by atoms with Crippen molar-refractivity contribution < 1.29 is 9.53 Å². The molecule has 0 saturated heterocycles. The van der Waals surface area contributed by atoms with E-state index in [1.165, 1.54) is 6.33 Å². The zero-order valence-corrected chi connectivity index (χ0v) is 11.3. The molecule has 0 aliphatic carbocycles. The van der Waals surface area contributed by atoms with Gasteiger partial charge in [-0.25, -0.2) is 9.97 Å². The van der Waals surface area contributed by atoms with Gasteiger partial charge in [0.05, 0.1) is 10.9 Å². The monoisotopic (exact) mass is 259 g/mol. The van der Waals surface area contributed by atoms with E-state index in [4.69, 9.17) is 4.74 Å². The molecule has 0 atom stereocenters. The van der Waals surface area contributed by atoms with Crippen LogP contribution in [0.5, 0.6) is 5.88 Å². The van der Waals surface area contributed by atoms with Gasteiger partial charge in [-0.05, 0) is 32.9 Å². The first-order valence-electron chi connectivity index (χ1n) is 6.09. The summed E-state index contributed by atoms with van der Waals surface area (Å²) in [5.74, 6) is 0.254. The molecule has 0 bridgehead atoms. The lowest BCUT2D eigenvalue weighted by atomic mass is 10.1. The average molecular weight is 259 g/mol. The number of fused-ring (bicyclic) bond motifs is 1. The summed E-state index contributed by atoms with van der Waals surface area (Å²) >= 11 is 0. The molecule has 1 heterocycles. The normalized spacial score (nSPS) is 11.3. The number of hydrogen-bond donors (Lipinski definition) is 1. The van der Waals surface area contributed by atoms with Crippen molar-refractivity contribution in [2.75, 3.05) is 6.61 Å². The molecule has 5 heteroatoms. The molecular formula is C14H17N3O2. The second kappa shape index (κ2) is 5.22. The van der Waals surface area contributed by atoms with Crippen molar-refractivity contribution in [1.82, 2.24) is 15.3 Å². The minimum absolute atomic E-state index is 0.0573. The average Bonchev–Trinajstić information content (AvgIpc) is 2.34. The van der Waals surface area contributed by atoms with Gasteiger partial charge in [0.15, 0.2) is 6.61 Å². The van der Waals surface area contributed by atoms with Crippen LogP contribution in [0.25, 0.3) is 10.9 Å². The number of rotatable bonds is 3. The summed E-state index contributed by atoms with van der Waals surface area (Å²) in [6.45, 7) is 5.71. The maximum atomic E-state index is 11.7. The van der Waals surface area contributed by atoms with Gasteiger partial charge in [0, 0.05) is 5.54 Å². The Morgan fingerprint density at radius 1 is 1.26 bits per heavy atom. The van der Waals surface area contributed by atoms with E-state index in [0.29, 0.717) is 5.88 Å². The third-order valence-corrected chi connectivity index (χ3v) is 2.36. The van der Waals surface area contributed by atoms with Gasteiger partial charge in [0.25, 0.3) is 5.91 Å². The minimum atomic E-state index is -0.270. The van der Waals surface area contributed by atoms with Crippen molar-refractivity contribution in [3.05, 3.63) is 30.6 Å². The summed E-state index contributed by atoms with van der Waals surface area (Å²) in [6, 6.07) is 7.52. The van der Waals surface area contributed by atoms with E-state index in [0.717, 1.165) is 10.9 Å². The lowest BCUT2D eigenvalue weighted by molar-refractivity contribution is -0.124. The standard InChI is InChI=1S/C14H17N3O2/c1-14(2,3)17-12(18)8-19-13-10-6-4-5-7-11(10)15-9-16-13/h4-7,9H,8H2,1-3H3,(H,17,18). The first-order chi connectivity index (χ1) is 8.96. The molecule has 0 fully saturated rings. The number of amides is 1. The number of carbonyl (C=O) groups is 1. The number of aromatic nitrogens is 2. The maximum Gasteiger partial charge on any atom is 0.258 e. The molecule has 5 nitrogen and oxygen atoms in total. The molecule has 1 aromatic heterocycles. The van der Waals surface area contributed by atoms with Crippen molar-refractivity contribution in [2.45, 2.75) is 26.3 Å². The van der Waals surface area contributed by atoms with Crippen LogP contribution in [0, 0.1) is 0 Å². The molecule has 1 aromatic carbocycles. The highest BCUT2D eigenvalue weighted by atomic mass is 16.5. The van der Waals surface area contributed by atoms with E-state index >= 15 is 0 Å². The molecule has 1 amide bonds. The summed E-state index contributed by atoms with van der Waals surface area (Å²) in [6.07, 6.45) is 1.43. The highest BCUT2D eigenvalue weighted by molar-refractivity contribution is 5.84. The van der Waals surface area contributed by atoms with Crippen LogP contribution in [0.15, 0.2) is 30.6 Å². The van der Waals surface area contributed by atoms with Crippen molar-refractivity contribution in [3.8, 4) is 5.88 Å². The summed E-state index contributed by atoms with van der Waals surface area (Å²) in [4.78, 5) is 19.9. The van der Waals surface area contributed by atoms with Gasteiger partial charge in [-0.3, -0.25) is 4.79 Å². The van der Waals surface area contributed by atoms with E-state index in [1.54, 1.807) is 0 Å². The molecular weight excluding hydrogens is 242 g/mol. The largest absolute Gasteiger partial charge is 0.467 e. The van der Waals surface area contributed by atoms with E-state index in [1.807, 2.05) is 45.0 Å². The summed E-state index contributed by atoms with van der Waals surface area (Å²) in [5.41, 5.74) is 0.525. The SMILES string of the molecule is CC(C)(C)NC(=O)COc1ncnc2ccccc12. The second-order valence-electron chi connectivity index (χ2n) is 5.28. The Morgan fingerprint density at radius 3 is 2.74 bits per heavy atom. The van der Waals surface area contributed by atoms with Crippen molar-refractivity contribution >= 4 is 16.8 Å². The summed E-state index contributed by atoms with van der Waals surface area (Å²) in [7, 11) is 0. The number of nitrogens with one attached hydrogen (secondary N) is 1. The van der Waals surface area contributed by atoms with Gasteiger partial charge in [0.1, 0.15) is 6.33 Å². The molecule has 0 radical (unpaired) electrons. The number of hydrogen-bond acceptors (Lipinski definition) is 4. The van der Waals surface area contributed by atoms with E-state index in [2.05, 4.69) is 15.3 Å². The number of carbonyl (C=O) groups excluding carboxylic acids is 1. The van der Waals surface area contributed by atoms with Gasteiger partial charge >= 0.3 is 0 Å². The first-order valence-corrected chi connectivity index (χ1v) is 6.09. The van der Waals surface area contributed by atoms with Gasteiger partial charge < -0.3 is 10.1 Å². The van der Waals surface area contributed by atoms with Crippen molar-refractivity contribution in [1.29, 1.82) is 0 Å². The number of para-hydroxylation sites is 1. The van der Waals surface area contributed by atoms with Crippen LogP contribution in [0.1, 0.15) is 20.8 Å². The van der Waals surface area contributed by atoms with Gasteiger partial charge in [0.2, 0.25) is 5.88 Å². The quantitative estimate of drug-likeness (QED) is 0.914. The van der Waals surface area contributed by atoms with Gasteiger partial charge in [-0.15, -0.1) is 0 Å². The fourth-order valence-corrected chi connectivity index (χ4v) is 1.68. The van der Waals surface area contributed by atoms with Gasteiger partial charge in [-0.2, -0.15) is 0 Å². The fourth-order valence-electron chi connectivity index (χ4n) is 1.68. The van der Waals surface area contributed by atoms with Crippen molar-refractivity contribution in [3.63, 3.8) is 0 Å². The van der Waals surface area contributed by atoms with E-state index in [-0.39, 0.29) is 18.1 Å². The highest BCUT2D eigenvalue weighted by Crippen LogP contribution is 2.20. The van der Waals surface area contributed by atoms with Crippen molar-refractivity contribution in [2.24, 2.45) is 0 Å². The number of ether oxygens (including phenoxy) is 1. The topological polar surface area (TPSA) is 64.1 Å². The highest BCUT2D eigenvalue weighted by Gasteiger charge is 2.14. The molecule has 19 heavy (non-hydrogen) atoms. The Labute approximate surface area is 112 Å². The molecule has 0 aliphatic heterocycles. The molecule has 2 rings (SSSR count). The first kappa shape index (κ1) is 13.3. The third-order valence-electron chi connectivity index (χ3n) is 2.36. The molecule has 0 unspecified atom stereocenters. The van der Waals surface area contributed by atoms with E-state index in [9.17, 15) is 4.79 Å². The molecule has 0 aliphatic rings. The van der Waals surface area contributed by atoms with Crippen LogP contribution in [-0.4, -0.2) is 28.0 Å². The molecule has 100 valence electrons. The molecule has 2 aromatic rings. The van der Waals surface area contributed by atoms with Crippen LogP contribution < -0.4 is 10.1 Å². The zero-order chi connectivity index (χ0) is 13.9. The third kappa shape index (κ3) is 3.64. The lowest BCUT2D eigenvalue weighted by Crippen LogP contribution is -2.43. The smallest absolute Gasteiger partial charge is 0.258 e. The minimum Gasteiger partial charge on any atom is -0.467 e. The summed E-state index contributed by atoms with van der Waals surface area (Å²) in [5, 5.41) is 3.63. The number of nitrogens with zero attached hydrogens (tertiary/aromatic N) is 2. The Hall–Kier alpha value is -2.17. The zero-order valence-electron chi connectivity index (χ0n) is 11.3. The Morgan fingerprint density at radius 2 is 2.00 bits per heavy atom. The van der Waals surface area contributed by atoms with E-state index < -0.39 is 0 Å². The summed E-state index contributed by atoms with van der Waals surface area (Å²) < 4.78 is 5.46. The van der Waals surface area contributed by atoms with Crippen LogP contribution in [0.4, 0.5) is 0 Å². The second-order valence-corrected chi connectivity index (χ2v) is 5.28. The fraction of sp³-hybridized carbons (Fsp3) is 0.357. The Balaban J connectivity index is 2.08. The van der Waals surface area contributed by atoms with Crippen LogP contribution in [-0.2, 0) is 4.79 Å². The van der Waals surface area contributed by atoms with Crippen LogP contribution in [0.3, 0.4) is 0 Å². The van der Waals surface area contributed by atoms with Crippen LogP contribution in [0.2, 0.25) is 0 Å². The Kier molecular flexibility index (Phi) is 3.64. The Bertz CT molecular complexity index is 585. The predicted molar refractivity (Wildman–Crippen MR) is 72.9 cm³/mol. The van der Waals surface area contributed by atoms with Gasteiger partial charge in [-0.1, -0.05) is 12.1 Å². The molecule has 0 spiro atoms.